The molecule has 1 atom stereocenters. The van der Waals surface area contributed by atoms with Crippen molar-refractivity contribution in [2.45, 2.75) is 58.0 Å². The molecule has 0 bridgehead atoms. The number of carbonyl (C=O) groups is 1. The highest BCUT2D eigenvalue weighted by Gasteiger charge is 2.31. The van der Waals surface area contributed by atoms with E-state index in [1.165, 1.54) is 19.3 Å². The van der Waals surface area contributed by atoms with E-state index in [2.05, 4.69) is 17.3 Å². The topological polar surface area (TPSA) is 58.4 Å². The lowest BCUT2D eigenvalue weighted by Gasteiger charge is -2.34. The van der Waals surface area contributed by atoms with E-state index in [-0.39, 0.29) is 11.9 Å². The first-order valence-corrected chi connectivity index (χ1v) is 7.09. The maximum atomic E-state index is 11.6. The van der Waals surface area contributed by atoms with E-state index in [0.29, 0.717) is 0 Å². The van der Waals surface area contributed by atoms with Gasteiger partial charge in [-0.05, 0) is 53.0 Å². The van der Waals surface area contributed by atoms with Gasteiger partial charge in [0.15, 0.2) is 0 Å². The van der Waals surface area contributed by atoms with Crippen LogP contribution in [0.2, 0.25) is 0 Å². The molecule has 18 heavy (non-hydrogen) atoms. The number of carbonyl (C=O) groups excluding carboxylic acids is 1. The standard InChI is InChI=1S/C14H29N3O/c1-11(2)16-14(3,13(15)18)8-9-17(4)10-12-6-5-7-12/h11-12,16H,5-10H2,1-4H3,(H2,15,18). The third-order valence-corrected chi connectivity index (χ3v) is 3.94. The Bertz CT molecular complexity index is 276. The fourth-order valence-corrected chi connectivity index (χ4v) is 2.53. The first kappa shape index (κ1) is 15.4. The van der Waals surface area contributed by atoms with Gasteiger partial charge in [-0.3, -0.25) is 4.79 Å². The van der Waals surface area contributed by atoms with Crippen molar-refractivity contribution in [3.63, 3.8) is 0 Å². The van der Waals surface area contributed by atoms with Gasteiger partial charge in [0.1, 0.15) is 0 Å². The second-order valence-electron chi connectivity index (χ2n) is 6.30. The predicted molar refractivity (Wildman–Crippen MR) is 75.3 cm³/mol. The number of rotatable bonds is 8. The highest BCUT2D eigenvalue weighted by atomic mass is 16.1. The zero-order valence-electron chi connectivity index (χ0n) is 12.3. The Balaban J connectivity index is 2.38. The molecule has 0 aromatic carbocycles. The average molecular weight is 255 g/mol. The molecule has 0 aromatic heterocycles. The Labute approximate surface area is 111 Å². The number of hydrogen-bond acceptors (Lipinski definition) is 3. The molecule has 0 heterocycles. The minimum atomic E-state index is -0.595. The quantitative estimate of drug-likeness (QED) is 0.688. The Morgan fingerprint density at radius 2 is 2.11 bits per heavy atom. The van der Waals surface area contributed by atoms with Gasteiger partial charge < -0.3 is 16.0 Å². The van der Waals surface area contributed by atoms with Gasteiger partial charge in [-0.1, -0.05) is 6.42 Å². The van der Waals surface area contributed by atoms with Crippen LogP contribution in [0.1, 0.15) is 46.5 Å². The first-order chi connectivity index (χ1) is 8.33. The van der Waals surface area contributed by atoms with Gasteiger partial charge in [0, 0.05) is 19.1 Å². The van der Waals surface area contributed by atoms with Crippen molar-refractivity contribution in [1.82, 2.24) is 10.2 Å². The molecule has 1 rings (SSSR count). The molecule has 0 aromatic rings. The van der Waals surface area contributed by atoms with E-state index in [9.17, 15) is 4.79 Å². The molecule has 0 spiro atoms. The summed E-state index contributed by atoms with van der Waals surface area (Å²) in [7, 11) is 2.13. The summed E-state index contributed by atoms with van der Waals surface area (Å²) >= 11 is 0. The van der Waals surface area contributed by atoms with E-state index in [0.717, 1.165) is 25.4 Å². The molecule has 4 heteroatoms. The molecule has 0 aliphatic heterocycles. The van der Waals surface area contributed by atoms with Crippen LogP contribution < -0.4 is 11.1 Å². The number of amides is 1. The molecule has 4 nitrogen and oxygen atoms in total. The minimum Gasteiger partial charge on any atom is -0.368 e. The van der Waals surface area contributed by atoms with Crippen molar-refractivity contribution < 1.29 is 4.79 Å². The molecule has 1 aliphatic rings. The van der Waals surface area contributed by atoms with Gasteiger partial charge in [-0.2, -0.15) is 0 Å². The summed E-state index contributed by atoms with van der Waals surface area (Å²) in [5.74, 6) is 0.612. The van der Waals surface area contributed by atoms with Gasteiger partial charge in [0.2, 0.25) is 5.91 Å². The van der Waals surface area contributed by atoms with Crippen molar-refractivity contribution >= 4 is 5.91 Å². The van der Waals surface area contributed by atoms with Crippen molar-refractivity contribution in [2.75, 3.05) is 20.1 Å². The van der Waals surface area contributed by atoms with Crippen LogP contribution in [0.5, 0.6) is 0 Å². The summed E-state index contributed by atoms with van der Waals surface area (Å²) < 4.78 is 0. The van der Waals surface area contributed by atoms with Crippen LogP contribution in [0.4, 0.5) is 0 Å². The first-order valence-electron chi connectivity index (χ1n) is 7.09. The van der Waals surface area contributed by atoms with Crippen LogP contribution in [0.15, 0.2) is 0 Å². The molecule has 106 valence electrons. The Hall–Kier alpha value is -0.610. The predicted octanol–water partition coefficient (Wildman–Crippen LogP) is 1.35. The Morgan fingerprint density at radius 3 is 2.50 bits per heavy atom. The molecule has 1 amide bonds. The van der Waals surface area contributed by atoms with Gasteiger partial charge in [0.25, 0.3) is 0 Å². The third kappa shape index (κ3) is 4.58. The molecule has 1 fully saturated rings. The second kappa shape index (κ2) is 6.53. The summed E-state index contributed by atoms with van der Waals surface area (Å²) in [6.45, 7) is 8.05. The summed E-state index contributed by atoms with van der Waals surface area (Å²) in [5.41, 5.74) is 4.93. The fraction of sp³-hybridized carbons (Fsp3) is 0.929. The van der Waals surface area contributed by atoms with E-state index in [1.54, 1.807) is 0 Å². The molecule has 1 saturated carbocycles. The smallest absolute Gasteiger partial charge is 0.237 e. The zero-order chi connectivity index (χ0) is 13.8. The minimum absolute atomic E-state index is 0.256. The Kier molecular flexibility index (Phi) is 5.60. The highest BCUT2D eigenvalue weighted by Crippen LogP contribution is 2.26. The van der Waals surface area contributed by atoms with Crippen molar-refractivity contribution in [3.05, 3.63) is 0 Å². The van der Waals surface area contributed by atoms with Crippen LogP contribution in [0.3, 0.4) is 0 Å². The SMILES string of the molecule is CC(C)NC(C)(CCN(C)CC1CCC1)C(N)=O. The number of nitrogens with zero attached hydrogens (tertiary/aromatic N) is 1. The number of nitrogens with one attached hydrogen (secondary N) is 1. The lowest BCUT2D eigenvalue weighted by Crippen LogP contribution is -2.56. The maximum absolute atomic E-state index is 11.6. The zero-order valence-corrected chi connectivity index (χ0v) is 12.3. The van der Waals surface area contributed by atoms with Gasteiger partial charge in [-0.15, -0.1) is 0 Å². The van der Waals surface area contributed by atoms with E-state index < -0.39 is 5.54 Å². The normalized spacial score (nSPS) is 19.9. The monoisotopic (exact) mass is 255 g/mol. The van der Waals surface area contributed by atoms with Crippen LogP contribution in [0, 0.1) is 5.92 Å². The van der Waals surface area contributed by atoms with Crippen molar-refractivity contribution in [2.24, 2.45) is 11.7 Å². The Morgan fingerprint density at radius 1 is 1.50 bits per heavy atom. The fourth-order valence-electron chi connectivity index (χ4n) is 2.53. The number of hydrogen-bond donors (Lipinski definition) is 2. The lowest BCUT2D eigenvalue weighted by atomic mass is 9.85. The van der Waals surface area contributed by atoms with Crippen LogP contribution in [-0.4, -0.2) is 42.5 Å². The summed E-state index contributed by atoms with van der Waals surface area (Å²) in [5, 5.41) is 3.29. The summed E-state index contributed by atoms with van der Waals surface area (Å²) in [4.78, 5) is 13.9. The second-order valence-corrected chi connectivity index (χ2v) is 6.30. The highest BCUT2D eigenvalue weighted by molar-refractivity contribution is 5.84. The molecular weight excluding hydrogens is 226 g/mol. The molecule has 3 N–H and O–H groups in total. The van der Waals surface area contributed by atoms with Crippen molar-refractivity contribution in [1.29, 1.82) is 0 Å². The lowest BCUT2D eigenvalue weighted by molar-refractivity contribution is -0.124. The maximum Gasteiger partial charge on any atom is 0.237 e. The number of primary amides is 1. The summed E-state index contributed by atoms with van der Waals surface area (Å²) in [6.07, 6.45) is 4.87. The molecule has 0 saturated heterocycles. The third-order valence-electron chi connectivity index (χ3n) is 3.94. The molecular formula is C14H29N3O. The van der Waals surface area contributed by atoms with Gasteiger partial charge in [0.05, 0.1) is 5.54 Å². The molecule has 1 unspecified atom stereocenters. The molecule has 0 radical (unpaired) electrons. The average Bonchev–Trinajstić information content (AvgIpc) is 2.19. The van der Waals surface area contributed by atoms with E-state index >= 15 is 0 Å². The van der Waals surface area contributed by atoms with Crippen molar-refractivity contribution in [3.8, 4) is 0 Å². The van der Waals surface area contributed by atoms with Crippen LogP contribution >= 0.6 is 0 Å². The van der Waals surface area contributed by atoms with Crippen LogP contribution in [0.25, 0.3) is 0 Å². The molecule has 1 aliphatic carbocycles. The van der Waals surface area contributed by atoms with E-state index in [4.69, 9.17) is 5.73 Å². The van der Waals surface area contributed by atoms with E-state index in [1.807, 2.05) is 20.8 Å². The van der Waals surface area contributed by atoms with Gasteiger partial charge in [-0.25, -0.2) is 0 Å². The largest absolute Gasteiger partial charge is 0.368 e. The van der Waals surface area contributed by atoms with Crippen LogP contribution in [-0.2, 0) is 4.79 Å². The number of nitrogens with two attached hydrogens (primary N) is 1. The van der Waals surface area contributed by atoms with Gasteiger partial charge >= 0.3 is 0 Å². The summed E-state index contributed by atoms with van der Waals surface area (Å²) in [6, 6.07) is 0.263.